The number of fused-ring (bicyclic) bond motifs is 1. The maximum Gasteiger partial charge on any atom is 0.234 e. The molecule has 7 heteroatoms. The van der Waals surface area contributed by atoms with Crippen molar-refractivity contribution >= 4 is 34.7 Å². The summed E-state index contributed by atoms with van der Waals surface area (Å²) >= 11 is 3.24. The molecule has 1 N–H and O–H groups in total. The normalized spacial score (nSPS) is 15.6. The van der Waals surface area contributed by atoms with Gasteiger partial charge in [-0.3, -0.25) is 9.36 Å². The summed E-state index contributed by atoms with van der Waals surface area (Å²) in [6.07, 6.45) is 5.31. The number of nitrogens with one attached hydrogen (secondary N) is 1. The lowest BCUT2D eigenvalue weighted by atomic mass is 9.88. The summed E-state index contributed by atoms with van der Waals surface area (Å²) in [6, 6.07) is 7.80. The van der Waals surface area contributed by atoms with Gasteiger partial charge in [0.25, 0.3) is 0 Å². The highest BCUT2D eigenvalue weighted by Crippen LogP contribution is 2.38. The summed E-state index contributed by atoms with van der Waals surface area (Å²) in [7, 11) is 0. The monoisotopic (exact) mass is 438 g/mol. The number of amides is 1. The SMILES string of the molecule is C=CCn1c(SCC(=O)Nc2cccc(C)c2)nnc1-c1csc2c1CCC(C)C2. The van der Waals surface area contributed by atoms with Gasteiger partial charge in [0, 0.05) is 28.1 Å². The Kier molecular flexibility index (Phi) is 6.39. The van der Waals surface area contributed by atoms with E-state index in [1.165, 1.54) is 34.2 Å². The number of carbonyl (C=O) groups is 1. The molecule has 5 nitrogen and oxygen atoms in total. The molecule has 0 aliphatic heterocycles. The topological polar surface area (TPSA) is 59.8 Å². The number of allylic oxidation sites excluding steroid dienone is 1. The van der Waals surface area contributed by atoms with E-state index < -0.39 is 0 Å². The van der Waals surface area contributed by atoms with Crippen molar-refractivity contribution in [3.8, 4) is 11.4 Å². The second-order valence-corrected chi connectivity index (χ2v) is 9.72. The van der Waals surface area contributed by atoms with Crippen molar-refractivity contribution in [3.63, 3.8) is 0 Å². The molecule has 1 amide bonds. The van der Waals surface area contributed by atoms with E-state index in [9.17, 15) is 4.79 Å². The van der Waals surface area contributed by atoms with Crippen LogP contribution in [0.5, 0.6) is 0 Å². The Morgan fingerprint density at radius 3 is 3.10 bits per heavy atom. The lowest BCUT2D eigenvalue weighted by Gasteiger charge is -2.19. The van der Waals surface area contributed by atoms with Gasteiger partial charge in [0.2, 0.25) is 5.91 Å². The standard InChI is InChI=1S/C23H26N4OS2/c1-4-10-27-22(19-13-29-20-12-16(3)8-9-18(19)20)25-26-23(27)30-14-21(28)24-17-7-5-6-15(2)11-17/h4-7,11,13,16H,1,8-10,12,14H2,2-3H3,(H,24,28). The van der Waals surface area contributed by atoms with E-state index in [0.717, 1.165) is 41.0 Å². The molecule has 0 fully saturated rings. The van der Waals surface area contributed by atoms with E-state index in [0.29, 0.717) is 6.54 Å². The van der Waals surface area contributed by atoms with Crippen LogP contribution in [0, 0.1) is 12.8 Å². The van der Waals surface area contributed by atoms with Crippen molar-refractivity contribution in [2.45, 2.75) is 44.8 Å². The molecule has 4 rings (SSSR count). The van der Waals surface area contributed by atoms with Gasteiger partial charge in [0.05, 0.1) is 5.75 Å². The van der Waals surface area contributed by atoms with E-state index in [-0.39, 0.29) is 11.7 Å². The van der Waals surface area contributed by atoms with Gasteiger partial charge in [-0.15, -0.1) is 28.1 Å². The third kappa shape index (κ3) is 4.52. The molecule has 156 valence electrons. The smallest absolute Gasteiger partial charge is 0.234 e. The molecule has 0 saturated heterocycles. The zero-order valence-electron chi connectivity index (χ0n) is 17.4. The lowest BCUT2D eigenvalue weighted by molar-refractivity contribution is -0.113. The summed E-state index contributed by atoms with van der Waals surface area (Å²) in [5, 5.41) is 14.8. The average Bonchev–Trinajstić information content (AvgIpc) is 3.30. The Hall–Kier alpha value is -2.38. The summed E-state index contributed by atoms with van der Waals surface area (Å²) in [4.78, 5) is 13.9. The van der Waals surface area contributed by atoms with Gasteiger partial charge in [0.1, 0.15) is 0 Å². The Morgan fingerprint density at radius 2 is 2.30 bits per heavy atom. The highest BCUT2D eigenvalue weighted by atomic mass is 32.2. The Bertz CT molecular complexity index is 1070. The van der Waals surface area contributed by atoms with E-state index in [1.807, 2.05) is 48.6 Å². The van der Waals surface area contributed by atoms with Gasteiger partial charge >= 0.3 is 0 Å². The predicted molar refractivity (Wildman–Crippen MR) is 125 cm³/mol. The minimum Gasteiger partial charge on any atom is -0.325 e. The molecule has 3 aromatic rings. The molecule has 0 spiro atoms. The molecule has 30 heavy (non-hydrogen) atoms. The zero-order chi connectivity index (χ0) is 21.1. The molecule has 1 unspecified atom stereocenters. The molecule has 1 aromatic carbocycles. The molecule has 2 aromatic heterocycles. The van der Waals surface area contributed by atoms with Gasteiger partial charge in [-0.2, -0.15) is 0 Å². The summed E-state index contributed by atoms with van der Waals surface area (Å²) < 4.78 is 2.07. The first-order chi connectivity index (χ1) is 14.5. The first-order valence-electron chi connectivity index (χ1n) is 10.2. The third-order valence-corrected chi connectivity index (χ3v) is 7.32. The third-order valence-electron chi connectivity index (χ3n) is 5.31. The number of benzene rings is 1. The number of nitrogens with zero attached hydrogens (tertiary/aromatic N) is 3. The van der Waals surface area contributed by atoms with Crippen LogP contribution in [0.3, 0.4) is 0 Å². The minimum atomic E-state index is -0.0535. The zero-order valence-corrected chi connectivity index (χ0v) is 19.0. The molecule has 1 aliphatic carbocycles. The summed E-state index contributed by atoms with van der Waals surface area (Å²) in [6.45, 7) is 8.84. The summed E-state index contributed by atoms with van der Waals surface area (Å²) in [5.41, 5.74) is 4.54. The van der Waals surface area contributed by atoms with Gasteiger partial charge in [0.15, 0.2) is 11.0 Å². The highest BCUT2D eigenvalue weighted by molar-refractivity contribution is 7.99. The molecule has 2 heterocycles. The van der Waals surface area contributed by atoms with E-state index in [2.05, 4.69) is 39.0 Å². The number of anilines is 1. The summed E-state index contributed by atoms with van der Waals surface area (Å²) in [5.74, 6) is 1.85. The maximum atomic E-state index is 12.4. The quantitative estimate of drug-likeness (QED) is 0.399. The van der Waals surface area contributed by atoms with E-state index >= 15 is 0 Å². The Balaban J connectivity index is 1.50. The maximum absolute atomic E-state index is 12.4. The number of carbonyl (C=O) groups excluding carboxylic acids is 1. The number of thioether (sulfide) groups is 1. The highest BCUT2D eigenvalue weighted by Gasteiger charge is 2.24. The number of hydrogen-bond acceptors (Lipinski definition) is 5. The van der Waals surface area contributed by atoms with Crippen LogP contribution in [0.1, 0.15) is 29.3 Å². The Morgan fingerprint density at radius 1 is 1.43 bits per heavy atom. The van der Waals surface area contributed by atoms with Crippen LogP contribution < -0.4 is 5.32 Å². The number of rotatable bonds is 7. The van der Waals surface area contributed by atoms with Crippen molar-refractivity contribution in [3.05, 3.63) is 58.3 Å². The second-order valence-electron chi connectivity index (χ2n) is 7.81. The number of hydrogen-bond donors (Lipinski definition) is 1. The van der Waals surface area contributed by atoms with Crippen LogP contribution >= 0.6 is 23.1 Å². The number of aryl methyl sites for hydroxylation is 1. The minimum absolute atomic E-state index is 0.0535. The molecule has 0 bridgehead atoms. The second kappa shape index (κ2) is 9.18. The molecule has 0 saturated carbocycles. The first kappa shape index (κ1) is 20.9. The van der Waals surface area contributed by atoms with Crippen LogP contribution in [0.25, 0.3) is 11.4 Å². The molecule has 1 aliphatic rings. The fourth-order valence-electron chi connectivity index (χ4n) is 3.80. The molecule has 0 radical (unpaired) electrons. The Labute approximate surface area is 185 Å². The first-order valence-corrected chi connectivity index (χ1v) is 12.0. The van der Waals surface area contributed by atoms with Gasteiger partial charge in [-0.05, 0) is 55.4 Å². The molecular weight excluding hydrogens is 412 g/mol. The van der Waals surface area contributed by atoms with Crippen LogP contribution in [0.4, 0.5) is 5.69 Å². The van der Waals surface area contributed by atoms with Gasteiger partial charge < -0.3 is 5.32 Å². The average molecular weight is 439 g/mol. The van der Waals surface area contributed by atoms with Gasteiger partial charge in [-0.1, -0.05) is 36.9 Å². The largest absolute Gasteiger partial charge is 0.325 e. The van der Waals surface area contributed by atoms with Gasteiger partial charge in [-0.25, -0.2) is 0 Å². The van der Waals surface area contributed by atoms with Crippen LogP contribution in [0.2, 0.25) is 0 Å². The van der Waals surface area contributed by atoms with Crippen LogP contribution in [-0.2, 0) is 24.2 Å². The van der Waals surface area contributed by atoms with Crippen molar-refractivity contribution in [2.75, 3.05) is 11.1 Å². The number of thiophene rings is 1. The van der Waals surface area contributed by atoms with E-state index in [4.69, 9.17) is 0 Å². The van der Waals surface area contributed by atoms with Crippen LogP contribution in [0.15, 0.2) is 47.5 Å². The van der Waals surface area contributed by atoms with Crippen LogP contribution in [-0.4, -0.2) is 26.4 Å². The molecule has 1 atom stereocenters. The van der Waals surface area contributed by atoms with E-state index in [1.54, 1.807) is 0 Å². The van der Waals surface area contributed by atoms with Crippen molar-refractivity contribution in [1.82, 2.24) is 14.8 Å². The van der Waals surface area contributed by atoms with Crippen molar-refractivity contribution in [1.29, 1.82) is 0 Å². The number of aromatic nitrogens is 3. The fraction of sp³-hybridized carbons (Fsp3) is 0.348. The fourth-order valence-corrected chi connectivity index (χ4v) is 5.79. The molecular formula is C23H26N4OS2. The lowest BCUT2D eigenvalue weighted by Crippen LogP contribution is -2.14. The van der Waals surface area contributed by atoms with Crippen molar-refractivity contribution in [2.24, 2.45) is 5.92 Å². The van der Waals surface area contributed by atoms with Crippen molar-refractivity contribution < 1.29 is 4.79 Å². The predicted octanol–water partition coefficient (Wildman–Crippen LogP) is 5.36.